The summed E-state index contributed by atoms with van der Waals surface area (Å²) < 4.78 is 1.92. The van der Waals surface area contributed by atoms with Gasteiger partial charge in [-0.3, -0.25) is 9.59 Å². The number of amides is 2. The van der Waals surface area contributed by atoms with Crippen LogP contribution in [-0.4, -0.2) is 39.5 Å². The van der Waals surface area contributed by atoms with E-state index in [0.29, 0.717) is 18.6 Å². The minimum atomic E-state index is -0.297. The molecule has 2 heterocycles. The van der Waals surface area contributed by atoms with Crippen molar-refractivity contribution >= 4 is 22.9 Å². The first-order chi connectivity index (χ1) is 11.2. The zero-order chi connectivity index (χ0) is 16.1. The molecule has 1 saturated heterocycles. The molecule has 0 unspecified atom stereocenters. The lowest BCUT2D eigenvalue weighted by Crippen LogP contribution is -2.31. The maximum absolute atomic E-state index is 12.1. The maximum atomic E-state index is 12.1. The predicted octanol–water partition coefficient (Wildman–Crippen LogP) is 2.13. The van der Waals surface area contributed by atoms with Crippen molar-refractivity contribution in [2.24, 2.45) is 4.99 Å². The Morgan fingerprint density at radius 1 is 1.13 bits per heavy atom. The maximum Gasteiger partial charge on any atom is 0.282 e. The quantitative estimate of drug-likeness (QED) is 0.864. The minimum absolute atomic E-state index is 0.0428. The van der Waals surface area contributed by atoms with Crippen LogP contribution in [0.4, 0.5) is 4.79 Å². The number of carbonyl (C=O) groups excluding carboxylic acids is 2. The molecular formula is C17H17N3O2S. The zero-order valence-electron chi connectivity index (χ0n) is 12.6. The molecule has 2 amide bonds. The summed E-state index contributed by atoms with van der Waals surface area (Å²) in [5.74, 6) is 0.444. The molecule has 1 aliphatic rings. The van der Waals surface area contributed by atoms with Gasteiger partial charge in [0.05, 0.1) is 0 Å². The van der Waals surface area contributed by atoms with Gasteiger partial charge in [0, 0.05) is 25.0 Å². The molecule has 6 heteroatoms. The Morgan fingerprint density at radius 2 is 1.91 bits per heavy atom. The number of benzene rings is 1. The van der Waals surface area contributed by atoms with E-state index >= 15 is 0 Å². The summed E-state index contributed by atoms with van der Waals surface area (Å²) in [7, 11) is 0. The van der Waals surface area contributed by atoms with Crippen LogP contribution in [0.15, 0.2) is 59.7 Å². The molecule has 0 saturated carbocycles. The Hall–Kier alpha value is -2.34. The number of thioether (sulfide) groups is 1. The monoisotopic (exact) mass is 327 g/mol. The summed E-state index contributed by atoms with van der Waals surface area (Å²) in [6.45, 7) is 1.31. The van der Waals surface area contributed by atoms with Crippen LogP contribution in [0.1, 0.15) is 5.56 Å². The molecule has 1 fully saturated rings. The average molecular weight is 327 g/mol. The third kappa shape index (κ3) is 4.10. The molecule has 3 rings (SSSR count). The highest BCUT2D eigenvalue weighted by molar-refractivity contribution is 8.13. The fraction of sp³-hybridized carbons (Fsp3) is 0.235. The molecule has 1 aliphatic heterocycles. The highest BCUT2D eigenvalue weighted by Crippen LogP contribution is 2.16. The third-order valence-electron chi connectivity index (χ3n) is 3.52. The van der Waals surface area contributed by atoms with Crippen LogP contribution in [0.2, 0.25) is 0 Å². The number of nitrogens with zero attached hydrogens (tertiary/aromatic N) is 3. The van der Waals surface area contributed by atoms with E-state index in [1.54, 1.807) is 11.0 Å². The van der Waals surface area contributed by atoms with Crippen molar-refractivity contribution in [3.8, 4) is 0 Å². The van der Waals surface area contributed by atoms with E-state index in [4.69, 9.17) is 0 Å². The van der Waals surface area contributed by atoms with Crippen molar-refractivity contribution in [3.63, 3.8) is 0 Å². The van der Waals surface area contributed by atoms with E-state index in [0.717, 1.165) is 11.3 Å². The number of pyridine rings is 1. The Labute approximate surface area is 138 Å². The van der Waals surface area contributed by atoms with E-state index in [2.05, 4.69) is 4.99 Å². The summed E-state index contributed by atoms with van der Waals surface area (Å²) in [4.78, 5) is 29.4. The van der Waals surface area contributed by atoms with E-state index in [1.807, 2.05) is 53.2 Å². The van der Waals surface area contributed by atoms with Gasteiger partial charge in [0.1, 0.15) is 12.0 Å². The number of hydrogen-bond donors (Lipinski definition) is 0. The van der Waals surface area contributed by atoms with E-state index in [9.17, 15) is 9.59 Å². The number of carbonyl (C=O) groups is 2. The van der Waals surface area contributed by atoms with E-state index < -0.39 is 0 Å². The Balaban J connectivity index is 1.79. The zero-order valence-corrected chi connectivity index (χ0v) is 13.4. The molecule has 23 heavy (non-hydrogen) atoms. The lowest BCUT2D eigenvalue weighted by atomic mass is 10.2. The summed E-state index contributed by atoms with van der Waals surface area (Å²) >= 11 is 1.25. The molecular weight excluding hydrogens is 310 g/mol. The van der Waals surface area contributed by atoms with Gasteiger partial charge in [0.2, 0.25) is 0 Å². The van der Waals surface area contributed by atoms with E-state index in [1.165, 1.54) is 11.8 Å². The van der Waals surface area contributed by atoms with Crippen molar-refractivity contribution in [2.45, 2.75) is 6.54 Å². The summed E-state index contributed by atoms with van der Waals surface area (Å²) in [6, 6.07) is 15.6. The van der Waals surface area contributed by atoms with Crippen molar-refractivity contribution in [1.82, 2.24) is 9.47 Å². The number of aromatic nitrogens is 1. The molecule has 5 nitrogen and oxygen atoms in total. The van der Waals surface area contributed by atoms with Crippen LogP contribution >= 0.6 is 11.8 Å². The van der Waals surface area contributed by atoms with Gasteiger partial charge >= 0.3 is 0 Å². The van der Waals surface area contributed by atoms with Crippen molar-refractivity contribution in [2.75, 3.05) is 18.8 Å². The molecule has 1 aromatic heterocycles. The van der Waals surface area contributed by atoms with Crippen molar-refractivity contribution < 1.29 is 9.59 Å². The second kappa shape index (κ2) is 7.28. The second-order valence-electron chi connectivity index (χ2n) is 5.21. The van der Waals surface area contributed by atoms with Crippen molar-refractivity contribution in [3.05, 3.63) is 65.8 Å². The van der Waals surface area contributed by atoms with Crippen LogP contribution in [0.25, 0.3) is 0 Å². The molecule has 0 spiro atoms. The number of rotatable bonds is 4. The minimum Gasteiger partial charge on any atom is -0.328 e. The Morgan fingerprint density at radius 3 is 2.65 bits per heavy atom. The molecule has 2 aromatic rings. The van der Waals surface area contributed by atoms with E-state index in [-0.39, 0.29) is 17.7 Å². The smallest absolute Gasteiger partial charge is 0.282 e. The van der Waals surface area contributed by atoms with Gasteiger partial charge in [-0.1, -0.05) is 48.2 Å². The van der Waals surface area contributed by atoms with Crippen LogP contribution in [0, 0.1) is 0 Å². The topological polar surface area (TPSA) is 54.7 Å². The normalized spacial score (nSPS) is 15.2. The largest absolute Gasteiger partial charge is 0.328 e. The highest BCUT2D eigenvalue weighted by Gasteiger charge is 2.22. The number of hydrogen-bond acceptors (Lipinski definition) is 3. The molecule has 0 radical (unpaired) electrons. The van der Waals surface area contributed by atoms with Gasteiger partial charge < -0.3 is 9.47 Å². The second-order valence-corrected chi connectivity index (χ2v) is 6.26. The highest BCUT2D eigenvalue weighted by atomic mass is 32.2. The third-order valence-corrected chi connectivity index (χ3v) is 4.41. The molecule has 0 aliphatic carbocycles. The van der Waals surface area contributed by atoms with Gasteiger partial charge in [-0.25, -0.2) is 0 Å². The van der Waals surface area contributed by atoms with Gasteiger partial charge in [0.15, 0.2) is 0 Å². The molecule has 0 N–H and O–H groups in total. The van der Waals surface area contributed by atoms with Gasteiger partial charge in [-0.15, -0.1) is 0 Å². The van der Waals surface area contributed by atoms with Crippen LogP contribution in [0.5, 0.6) is 0 Å². The van der Waals surface area contributed by atoms with Gasteiger partial charge in [0.25, 0.3) is 11.1 Å². The summed E-state index contributed by atoms with van der Waals surface area (Å²) in [6.07, 6.45) is 1.90. The lowest BCUT2D eigenvalue weighted by Gasteiger charge is -2.11. The molecule has 0 bridgehead atoms. The first kappa shape index (κ1) is 15.6. The van der Waals surface area contributed by atoms with Gasteiger partial charge in [-0.05, 0) is 17.7 Å². The van der Waals surface area contributed by atoms with Crippen LogP contribution < -0.4 is 5.49 Å². The first-order valence-electron chi connectivity index (χ1n) is 7.41. The summed E-state index contributed by atoms with van der Waals surface area (Å²) in [5, 5.41) is -0.0428. The summed E-state index contributed by atoms with van der Waals surface area (Å²) in [5.41, 5.74) is 1.74. The average Bonchev–Trinajstić information content (AvgIpc) is 2.95. The standard InChI is InChI=1S/C17H17N3O2S/c21-16(13-20-10-11-23-17(20)22)18-15-8-4-5-9-19(15)12-14-6-2-1-3-7-14/h1-9H,10-13H2. The SMILES string of the molecule is O=C(CN1CCSC1=O)N=c1ccccn1Cc1ccccc1. The fourth-order valence-corrected chi connectivity index (χ4v) is 3.20. The van der Waals surface area contributed by atoms with Crippen molar-refractivity contribution in [1.29, 1.82) is 0 Å². The van der Waals surface area contributed by atoms with Crippen LogP contribution in [-0.2, 0) is 11.3 Å². The fourth-order valence-electron chi connectivity index (χ4n) is 2.38. The van der Waals surface area contributed by atoms with Crippen LogP contribution in [0.3, 0.4) is 0 Å². The molecule has 0 atom stereocenters. The Bertz CT molecular complexity index is 771. The Kier molecular flexibility index (Phi) is 4.92. The lowest BCUT2D eigenvalue weighted by molar-refractivity contribution is -0.118. The first-order valence-corrected chi connectivity index (χ1v) is 8.39. The predicted molar refractivity (Wildman–Crippen MR) is 90.0 cm³/mol. The molecule has 1 aromatic carbocycles. The van der Waals surface area contributed by atoms with Gasteiger partial charge in [-0.2, -0.15) is 4.99 Å². The molecule has 118 valence electrons.